The highest BCUT2D eigenvalue weighted by atomic mass is 32.2. The molecule has 0 saturated heterocycles. The van der Waals surface area contributed by atoms with E-state index in [0.717, 1.165) is 25.7 Å². The minimum Gasteiger partial charge on any atom is -0.508 e. The molecule has 0 amide bonds. The van der Waals surface area contributed by atoms with Crippen LogP contribution in [0.3, 0.4) is 0 Å². The van der Waals surface area contributed by atoms with Crippen LogP contribution in [-0.4, -0.2) is 25.9 Å². The van der Waals surface area contributed by atoms with E-state index >= 15 is 0 Å². The number of thiophene rings is 1. The van der Waals surface area contributed by atoms with Crippen molar-refractivity contribution >= 4 is 27.1 Å². The molecule has 1 aromatic carbocycles. The van der Waals surface area contributed by atoms with E-state index in [4.69, 9.17) is 0 Å². The van der Waals surface area contributed by atoms with E-state index in [9.17, 15) is 18.3 Å². The summed E-state index contributed by atoms with van der Waals surface area (Å²) in [4.78, 5) is 13.1. The Kier molecular flexibility index (Phi) is 4.84. The molecule has 3 aliphatic carbocycles. The summed E-state index contributed by atoms with van der Waals surface area (Å²) >= 11 is 1.21. The van der Waals surface area contributed by atoms with Crippen molar-refractivity contribution in [3.63, 3.8) is 0 Å². The number of phenols is 1. The van der Waals surface area contributed by atoms with Crippen LogP contribution in [0.5, 0.6) is 5.75 Å². The Hall–Kier alpha value is -1.70. The number of nitrogens with one attached hydrogen (secondary N) is 1. The van der Waals surface area contributed by atoms with E-state index in [-0.39, 0.29) is 17.3 Å². The molecule has 2 aromatic rings. The molecule has 5 nitrogen and oxygen atoms in total. The summed E-state index contributed by atoms with van der Waals surface area (Å²) in [6.45, 7) is 2.42. The topological polar surface area (TPSA) is 83.5 Å². The van der Waals surface area contributed by atoms with Crippen LogP contribution in [0.15, 0.2) is 39.9 Å². The van der Waals surface area contributed by atoms with E-state index in [1.54, 1.807) is 23.6 Å². The standard InChI is InChI=1S/C23H27NO4S2/c1-23-9-8-18-17-7-5-16(25)11-14(17)4-6-19(18)22(23)15(12-20(23)26)13-24-30(27,28)21-3-2-10-29-21/h2-3,5,7,10-11,15,18-19,22,24-25H,4,6,8-9,12-13H2,1H3/t15-,18-,19-,22+,23-/m1/s1. The van der Waals surface area contributed by atoms with Crippen molar-refractivity contribution < 1.29 is 18.3 Å². The first-order chi connectivity index (χ1) is 14.3. The molecule has 2 fully saturated rings. The van der Waals surface area contributed by atoms with Gasteiger partial charge in [-0.15, -0.1) is 11.3 Å². The van der Waals surface area contributed by atoms with E-state index in [1.165, 1.54) is 22.5 Å². The first-order valence-corrected chi connectivity index (χ1v) is 13.0. The van der Waals surface area contributed by atoms with Gasteiger partial charge in [0.15, 0.2) is 0 Å². The van der Waals surface area contributed by atoms with Crippen molar-refractivity contribution in [2.75, 3.05) is 6.54 Å². The van der Waals surface area contributed by atoms with E-state index < -0.39 is 10.0 Å². The molecule has 5 rings (SSSR count). The predicted octanol–water partition coefficient (Wildman–Crippen LogP) is 4.08. The van der Waals surface area contributed by atoms with Crippen LogP contribution >= 0.6 is 11.3 Å². The number of Topliss-reactive ketones (excluding diaryl/α,β-unsaturated/α-hetero) is 1. The number of hydrogen-bond donors (Lipinski definition) is 2. The minimum absolute atomic E-state index is 0.0312. The first kappa shape index (κ1) is 20.2. The van der Waals surface area contributed by atoms with Gasteiger partial charge in [-0.05, 0) is 84.1 Å². The van der Waals surface area contributed by atoms with Crippen LogP contribution in [0.2, 0.25) is 0 Å². The quantitative estimate of drug-likeness (QED) is 0.743. The molecule has 2 N–H and O–H groups in total. The van der Waals surface area contributed by atoms with Crippen molar-refractivity contribution in [2.45, 2.75) is 49.2 Å². The molecule has 0 aliphatic heterocycles. The van der Waals surface area contributed by atoms with Gasteiger partial charge >= 0.3 is 0 Å². The van der Waals surface area contributed by atoms with Gasteiger partial charge in [0.2, 0.25) is 10.0 Å². The van der Waals surface area contributed by atoms with E-state index in [1.807, 2.05) is 6.07 Å². The predicted molar refractivity (Wildman–Crippen MR) is 116 cm³/mol. The lowest BCUT2D eigenvalue weighted by Gasteiger charge is -2.49. The second-order valence-corrected chi connectivity index (χ2v) is 12.3. The van der Waals surface area contributed by atoms with Crippen molar-refractivity contribution in [3.05, 3.63) is 46.8 Å². The first-order valence-electron chi connectivity index (χ1n) is 10.7. The SMILES string of the molecule is C[C@]12CC[C@@H]3c4ccc(O)cc4CC[C@H]3[C@@H]1[C@@H](CNS(=O)(=O)c1cccs1)CC2=O. The fourth-order valence-electron chi connectivity index (χ4n) is 6.52. The smallest absolute Gasteiger partial charge is 0.250 e. The molecule has 1 heterocycles. The maximum atomic E-state index is 13.1. The molecule has 0 bridgehead atoms. The van der Waals surface area contributed by atoms with E-state index in [0.29, 0.717) is 40.5 Å². The number of aryl methyl sites for hydroxylation is 1. The second-order valence-electron chi connectivity index (χ2n) is 9.35. The van der Waals surface area contributed by atoms with Gasteiger partial charge in [0.05, 0.1) is 0 Å². The third kappa shape index (κ3) is 3.13. The van der Waals surface area contributed by atoms with Gasteiger partial charge in [-0.3, -0.25) is 4.79 Å². The molecule has 7 heteroatoms. The molecular formula is C23H27NO4S2. The summed E-state index contributed by atoms with van der Waals surface area (Å²) in [5.74, 6) is 1.59. The van der Waals surface area contributed by atoms with Crippen molar-refractivity contribution in [1.29, 1.82) is 0 Å². The third-order valence-electron chi connectivity index (χ3n) is 7.85. The second kappa shape index (κ2) is 7.18. The lowest BCUT2D eigenvalue weighted by Crippen LogP contribution is -2.45. The number of ketones is 1. The normalized spacial score (nSPS) is 33.0. The number of fused-ring (bicyclic) bond motifs is 5. The fourth-order valence-corrected chi connectivity index (χ4v) is 8.65. The highest BCUT2D eigenvalue weighted by molar-refractivity contribution is 7.91. The Balaban J connectivity index is 1.42. The number of rotatable bonds is 4. The van der Waals surface area contributed by atoms with Crippen LogP contribution in [0, 0.1) is 23.2 Å². The minimum atomic E-state index is -3.53. The molecule has 5 atom stereocenters. The van der Waals surface area contributed by atoms with Crippen LogP contribution in [0.1, 0.15) is 49.7 Å². The maximum absolute atomic E-state index is 13.1. The summed E-state index contributed by atoms with van der Waals surface area (Å²) in [5.41, 5.74) is 2.18. The number of aromatic hydroxyl groups is 1. The Morgan fingerprint density at radius 3 is 2.87 bits per heavy atom. The van der Waals surface area contributed by atoms with Crippen LogP contribution < -0.4 is 4.72 Å². The zero-order valence-corrected chi connectivity index (χ0v) is 18.6. The average Bonchev–Trinajstić information content (AvgIpc) is 3.34. The van der Waals surface area contributed by atoms with Crippen LogP contribution in [0.25, 0.3) is 0 Å². The summed E-state index contributed by atoms with van der Waals surface area (Å²) < 4.78 is 28.4. The molecule has 0 radical (unpaired) electrons. The largest absolute Gasteiger partial charge is 0.508 e. The molecular weight excluding hydrogens is 418 g/mol. The third-order valence-corrected chi connectivity index (χ3v) is 10.7. The number of carbonyl (C=O) groups excluding carboxylic acids is 1. The molecule has 30 heavy (non-hydrogen) atoms. The highest BCUT2D eigenvalue weighted by Gasteiger charge is 2.58. The molecule has 160 valence electrons. The lowest BCUT2D eigenvalue weighted by atomic mass is 9.54. The van der Waals surface area contributed by atoms with Gasteiger partial charge in [-0.2, -0.15) is 0 Å². The molecule has 0 spiro atoms. The molecule has 2 saturated carbocycles. The Labute approximate surface area is 181 Å². The Morgan fingerprint density at radius 2 is 2.10 bits per heavy atom. The van der Waals surface area contributed by atoms with Crippen LogP contribution in [-0.2, 0) is 21.2 Å². The summed E-state index contributed by atoms with van der Waals surface area (Å²) in [6, 6.07) is 9.04. The van der Waals surface area contributed by atoms with E-state index in [2.05, 4.69) is 17.7 Å². The molecule has 0 unspecified atom stereocenters. The van der Waals surface area contributed by atoms with Gasteiger partial charge in [0.25, 0.3) is 0 Å². The average molecular weight is 446 g/mol. The van der Waals surface area contributed by atoms with Gasteiger partial charge < -0.3 is 5.11 Å². The van der Waals surface area contributed by atoms with Gasteiger partial charge in [-0.1, -0.05) is 19.1 Å². The number of phenolic OH excluding ortho intramolecular Hbond substituents is 1. The Bertz CT molecular complexity index is 1080. The summed E-state index contributed by atoms with van der Waals surface area (Å²) in [7, 11) is -3.53. The zero-order chi connectivity index (χ0) is 21.1. The van der Waals surface area contributed by atoms with Gasteiger partial charge in [0, 0.05) is 18.4 Å². The Morgan fingerprint density at radius 1 is 1.27 bits per heavy atom. The van der Waals surface area contributed by atoms with Crippen LogP contribution in [0.4, 0.5) is 0 Å². The monoisotopic (exact) mass is 445 g/mol. The highest BCUT2D eigenvalue weighted by Crippen LogP contribution is 2.61. The number of carbonyl (C=O) groups is 1. The van der Waals surface area contributed by atoms with Crippen molar-refractivity contribution in [3.8, 4) is 5.75 Å². The summed E-state index contributed by atoms with van der Waals surface area (Å²) in [5, 5.41) is 11.6. The van der Waals surface area contributed by atoms with Crippen molar-refractivity contribution in [1.82, 2.24) is 4.72 Å². The molecule has 3 aliphatic rings. The maximum Gasteiger partial charge on any atom is 0.250 e. The zero-order valence-electron chi connectivity index (χ0n) is 17.0. The lowest BCUT2D eigenvalue weighted by molar-refractivity contribution is -0.129. The number of hydrogen-bond acceptors (Lipinski definition) is 5. The van der Waals surface area contributed by atoms with Gasteiger partial charge in [0.1, 0.15) is 15.7 Å². The van der Waals surface area contributed by atoms with Crippen molar-refractivity contribution in [2.24, 2.45) is 23.2 Å². The fraction of sp³-hybridized carbons (Fsp3) is 0.522. The molecule has 1 aromatic heterocycles. The summed E-state index contributed by atoms with van der Waals surface area (Å²) in [6.07, 6.45) is 4.18. The number of benzene rings is 1. The number of sulfonamides is 1. The van der Waals surface area contributed by atoms with Gasteiger partial charge in [-0.25, -0.2) is 13.1 Å².